The number of Topliss-reactive ketones (excluding diaryl/α,β-unsaturated/α-hetero) is 1. The Bertz CT molecular complexity index is 2500. The van der Waals surface area contributed by atoms with Crippen LogP contribution < -0.4 is 10.1 Å². The molecule has 3 aromatic rings. The molecule has 6 N–H and O–H groups in total. The number of phenolic OH excluding ortho intramolecular Hbond substituents is 1. The first kappa shape index (κ1) is 49.0. The Morgan fingerprint density at radius 2 is 1.65 bits per heavy atom. The standard InChI is InChI=1S/C58H71NO10/c1-3-19-58(67)46-17-18-49(62)42(27-46)22-36-11-10-14-45(24-36)57(20-8-5-9-21-57)50(63)30-44-26-39(41-23-37(34-60)25-47(28-41)59-33-35(2)61)15-16-40-32-52(64)69-55-48(40)29-43(31-51(58)68-56(44)66)54(65)53(55)38-12-6-4-7-13-38/h10-11,14,23-25,28-30,35,38-40,42,46,50-51,59-61,63,65,67H,3-9,12-13,17-22,26-27,31-34H2,1-2H3/b44-30-/t35-,39+,40+,42-,46+,50+,51+,58-/m0/s1. The van der Waals surface area contributed by atoms with Gasteiger partial charge in [0.25, 0.3) is 0 Å². The number of aliphatic hydroxyl groups excluding tert-OH is 3. The Morgan fingerprint density at radius 1 is 0.884 bits per heavy atom. The summed E-state index contributed by atoms with van der Waals surface area (Å²) in [7, 11) is 0. The van der Waals surface area contributed by atoms with Gasteiger partial charge in [-0.2, -0.15) is 0 Å². The Morgan fingerprint density at radius 3 is 2.41 bits per heavy atom. The van der Waals surface area contributed by atoms with Gasteiger partial charge in [-0.05, 0) is 129 Å². The number of ether oxygens (including phenoxy) is 2. The monoisotopic (exact) mass is 942 g/mol. The third-order valence-corrected chi connectivity index (χ3v) is 16.7. The van der Waals surface area contributed by atoms with E-state index >= 15 is 4.79 Å². The molecule has 9 rings (SSSR count). The molecule has 3 fully saturated rings. The van der Waals surface area contributed by atoms with Gasteiger partial charge in [-0.1, -0.05) is 94.0 Å². The molecular weight excluding hydrogens is 871 g/mol. The van der Waals surface area contributed by atoms with Crippen LogP contribution in [0.2, 0.25) is 0 Å². The molecule has 3 saturated carbocycles. The van der Waals surface area contributed by atoms with E-state index in [4.69, 9.17) is 9.47 Å². The zero-order chi connectivity index (χ0) is 48.5. The minimum Gasteiger partial charge on any atom is -0.507 e. The summed E-state index contributed by atoms with van der Waals surface area (Å²) in [6.45, 7) is 3.62. The zero-order valence-corrected chi connectivity index (χ0v) is 40.4. The lowest BCUT2D eigenvalue weighted by molar-refractivity contribution is -0.176. The summed E-state index contributed by atoms with van der Waals surface area (Å²) in [5.41, 5.74) is 3.34. The van der Waals surface area contributed by atoms with Gasteiger partial charge in [-0.15, -0.1) is 0 Å². The molecule has 3 aromatic carbocycles. The smallest absolute Gasteiger partial charge is 0.334 e. The Kier molecular flexibility index (Phi) is 14.8. The summed E-state index contributed by atoms with van der Waals surface area (Å²) < 4.78 is 13.0. The fourth-order valence-corrected chi connectivity index (χ4v) is 13.0. The molecule has 1 spiro atoms. The van der Waals surface area contributed by atoms with Gasteiger partial charge < -0.3 is 40.3 Å². The number of aromatic hydroxyl groups is 1. The van der Waals surface area contributed by atoms with Crippen LogP contribution in [-0.4, -0.2) is 73.7 Å². The normalized spacial score (nSPS) is 29.5. The summed E-state index contributed by atoms with van der Waals surface area (Å²) in [5, 5.41) is 63.1. The van der Waals surface area contributed by atoms with E-state index in [1.54, 1.807) is 19.1 Å². The molecule has 8 atom stereocenters. The molecule has 3 aliphatic heterocycles. The number of benzene rings is 3. The van der Waals surface area contributed by atoms with E-state index in [2.05, 4.69) is 35.4 Å². The molecule has 8 bridgehead atoms. The van der Waals surface area contributed by atoms with Crippen LogP contribution in [0.15, 0.2) is 60.2 Å². The van der Waals surface area contributed by atoms with Gasteiger partial charge >= 0.3 is 11.9 Å². The predicted molar refractivity (Wildman–Crippen MR) is 263 cm³/mol. The highest BCUT2D eigenvalue weighted by Crippen LogP contribution is 2.52. The van der Waals surface area contributed by atoms with Gasteiger partial charge in [0, 0.05) is 59.0 Å². The minimum absolute atomic E-state index is 0.0250. The van der Waals surface area contributed by atoms with E-state index < -0.39 is 59.0 Å². The third-order valence-electron chi connectivity index (χ3n) is 16.7. The summed E-state index contributed by atoms with van der Waals surface area (Å²) in [6.07, 6.45) is 9.61. The van der Waals surface area contributed by atoms with Crippen LogP contribution in [0, 0.1) is 23.7 Å². The maximum absolute atomic E-state index is 15.6. The molecule has 0 aromatic heterocycles. The van der Waals surface area contributed by atoms with Gasteiger partial charge in [0.15, 0.2) is 0 Å². The second kappa shape index (κ2) is 20.8. The van der Waals surface area contributed by atoms with Crippen molar-refractivity contribution in [2.24, 2.45) is 11.8 Å². The molecule has 11 nitrogen and oxygen atoms in total. The van der Waals surface area contributed by atoms with E-state index in [0.717, 1.165) is 62.5 Å². The van der Waals surface area contributed by atoms with Crippen LogP contribution in [0.25, 0.3) is 0 Å². The Labute approximate surface area is 407 Å². The first-order valence-corrected chi connectivity index (χ1v) is 26.0. The number of ketones is 1. The van der Waals surface area contributed by atoms with Crippen molar-refractivity contribution in [3.63, 3.8) is 0 Å². The number of aliphatic hydroxyl groups is 4. The molecule has 0 saturated heterocycles. The zero-order valence-electron chi connectivity index (χ0n) is 40.4. The average molecular weight is 942 g/mol. The van der Waals surface area contributed by atoms with Crippen LogP contribution in [0.4, 0.5) is 5.69 Å². The molecule has 3 aliphatic carbocycles. The first-order valence-electron chi connectivity index (χ1n) is 26.0. The van der Waals surface area contributed by atoms with Gasteiger partial charge in [0.2, 0.25) is 0 Å². The number of carbonyl (C=O) groups is 3. The number of esters is 2. The number of phenols is 1. The summed E-state index contributed by atoms with van der Waals surface area (Å²) in [5.74, 6) is 3.98. The summed E-state index contributed by atoms with van der Waals surface area (Å²) in [4.78, 5) is 43.3. The van der Waals surface area contributed by atoms with Crippen LogP contribution in [0.5, 0.6) is 11.5 Å². The van der Waals surface area contributed by atoms with E-state index in [9.17, 15) is 35.1 Å². The Hall–Kier alpha value is -4.99. The molecule has 3 heterocycles. The van der Waals surface area contributed by atoms with Crippen LogP contribution in [-0.2, 0) is 44.0 Å². The molecule has 6 aliphatic rings. The fraction of sp³-hybridized carbons (Fsp3) is 0.569. The summed E-state index contributed by atoms with van der Waals surface area (Å²) in [6, 6.07) is 15.6. The maximum atomic E-state index is 15.6. The molecule has 69 heavy (non-hydrogen) atoms. The van der Waals surface area contributed by atoms with Crippen molar-refractivity contribution in [2.75, 3.05) is 11.9 Å². The van der Waals surface area contributed by atoms with Crippen molar-refractivity contribution in [3.05, 3.63) is 99.1 Å². The quantitative estimate of drug-likeness (QED) is 0.0720. The lowest BCUT2D eigenvalue weighted by Gasteiger charge is -2.45. The predicted octanol–water partition coefficient (Wildman–Crippen LogP) is 9.02. The first-order chi connectivity index (χ1) is 33.3. The fourth-order valence-electron chi connectivity index (χ4n) is 13.0. The maximum Gasteiger partial charge on any atom is 0.334 e. The third kappa shape index (κ3) is 10.2. The second-order valence-corrected chi connectivity index (χ2v) is 21.4. The molecule has 0 radical (unpaired) electrons. The van der Waals surface area contributed by atoms with Gasteiger partial charge in [-0.3, -0.25) is 9.59 Å². The minimum atomic E-state index is -1.63. The molecular formula is C58H71NO10. The van der Waals surface area contributed by atoms with Gasteiger partial charge in [-0.25, -0.2) is 4.79 Å². The van der Waals surface area contributed by atoms with Crippen LogP contribution in [0.3, 0.4) is 0 Å². The molecule has 368 valence electrons. The number of nitrogens with one attached hydrogen (secondary N) is 1. The lowest BCUT2D eigenvalue weighted by Crippen LogP contribution is -2.54. The number of anilines is 1. The van der Waals surface area contributed by atoms with E-state index in [1.165, 1.54) is 0 Å². The molecule has 0 unspecified atom stereocenters. The van der Waals surface area contributed by atoms with E-state index in [0.29, 0.717) is 77.8 Å². The highest BCUT2D eigenvalue weighted by molar-refractivity contribution is 5.89. The summed E-state index contributed by atoms with van der Waals surface area (Å²) >= 11 is 0. The SMILES string of the molecule is CCC[C@]1(O)[C@@H]2CCC(=O)[C@@H](Cc3cccc(c3)C3(CCCCC3)[C@H](O)/C=C3/C[C@H](c4cc(CO)cc(NC[C@H](C)O)c4)C#C[C@@H]4CC(=O)Oc5c4cc(c(O)c5C4CCCCC4)C[C@H]1OC3=O)C2. The van der Waals surface area contributed by atoms with Gasteiger partial charge in [0.05, 0.1) is 31.2 Å². The van der Waals surface area contributed by atoms with E-state index in [-0.39, 0.29) is 74.2 Å². The van der Waals surface area contributed by atoms with E-state index in [1.807, 2.05) is 31.2 Å². The molecule has 0 amide bonds. The topological polar surface area (TPSA) is 183 Å². The lowest BCUT2D eigenvalue weighted by atomic mass is 9.64. The highest BCUT2D eigenvalue weighted by Gasteiger charge is 2.50. The average Bonchev–Trinajstić information content (AvgIpc) is 3.35. The Balaban J connectivity index is 1.30. The number of hydrogen-bond donors (Lipinski definition) is 6. The van der Waals surface area contributed by atoms with Crippen molar-refractivity contribution < 1.29 is 49.4 Å². The van der Waals surface area contributed by atoms with Gasteiger partial charge in [0.1, 0.15) is 29.0 Å². The number of carbonyl (C=O) groups excluding carboxylic acids is 3. The second-order valence-electron chi connectivity index (χ2n) is 21.4. The number of fused-ring (bicyclic) bond motifs is 9. The van der Waals surface area contributed by atoms with Crippen LogP contribution in [0.1, 0.15) is 180 Å². The largest absolute Gasteiger partial charge is 0.507 e. The van der Waals surface area contributed by atoms with Crippen molar-refractivity contribution in [3.8, 4) is 23.3 Å². The van der Waals surface area contributed by atoms with Crippen molar-refractivity contribution in [2.45, 2.75) is 190 Å². The van der Waals surface area contributed by atoms with Crippen molar-refractivity contribution in [1.29, 1.82) is 0 Å². The highest BCUT2D eigenvalue weighted by atomic mass is 16.6. The van der Waals surface area contributed by atoms with Crippen molar-refractivity contribution >= 4 is 23.4 Å². The number of hydrogen-bond acceptors (Lipinski definition) is 11. The number of rotatable bonds is 8. The van der Waals surface area contributed by atoms with Crippen LogP contribution >= 0.6 is 0 Å². The van der Waals surface area contributed by atoms with Crippen molar-refractivity contribution in [1.82, 2.24) is 0 Å². The molecule has 11 heteroatoms.